The summed E-state index contributed by atoms with van der Waals surface area (Å²) < 4.78 is 0. The van der Waals surface area contributed by atoms with Crippen molar-refractivity contribution in [1.82, 2.24) is 9.97 Å². The molecule has 4 nitrogen and oxygen atoms in total. The number of rotatable bonds is 5. The van der Waals surface area contributed by atoms with E-state index >= 15 is 0 Å². The van der Waals surface area contributed by atoms with Crippen molar-refractivity contribution in [2.24, 2.45) is 0 Å². The molecule has 2 aromatic rings. The van der Waals surface area contributed by atoms with Gasteiger partial charge in [0.1, 0.15) is 16.8 Å². The zero-order valence-corrected chi connectivity index (χ0v) is 12.8. The van der Waals surface area contributed by atoms with Crippen LogP contribution in [0.4, 0.5) is 17.2 Å². The van der Waals surface area contributed by atoms with Gasteiger partial charge in [0, 0.05) is 38.0 Å². The number of aromatic nitrogens is 2. The molecule has 0 fully saturated rings. The van der Waals surface area contributed by atoms with E-state index in [1.165, 1.54) is 0 Å². The highest BCUT2D eigenvalue weighted by molar-refractivity contribution is 6.29. The molecule has 0 saturated carbocycles. The maximum Gasteiger partial charge on any atom is 0.135 e. The summed E-state index contributed by atoms with van der Waals surface area (Å²) in [6, 6.07) is 9.87. The van der Waals surface area contributed by atoms with Crippen molar-refractivity contribution >= 4 is 28.8 Å². The van der Waals surface area contributed by atoms with Crippen LogP contribution in [0.2, 0.25) is 5.15 Å². The smallest absolute Gasteiger partial charge is 0.135 e. The molecule has 2 rings (SSSR count). The van der Waals surface area contributed by atoms with Crippen LogP contribution >= 0.6 is 11.6 Å². The molecule has 5 heteroatoms. The Kier molecular flexibility index (Phi) is 4.79. The van der Waals surface area contributed by atoms with E-state index in [1.54, 1.807) is 6.07 Å². The minimum absolute atomic E-state index is 0.467. The molecule has 0 unspecified atom stereocenters. The molecule has 0 saturated heterocycles. The van der Waals surface area contributed by atoms with Crippen molar-refractivity contribution in [3.05, 3.63) is 41.3 Å². The standard InChI is InChI=1S/C15H19ClN4/c1-4-6-14-18-13(16)10-15(19-14)17-11-7-5-8-12(9-11)20(2)3/h5,7-10H,4,6H2,1-3H3,(H,17,18,19). The van der Waals surface area contributed by atoms with Gasteiger partial charge in [0.05, 0.1) is 0 Å². The lowest BCUT2D eigenvalue weighted by Crippen LogP contribution is -2.08. The monoisotopic (exact) mass is 290 g/mol. The van der Waals surface area contributed by atoms with Crippen molar-refractivity contribution in [1.29, 1.82) is 0 Å². The van der Waals surface area contributed by atoms with Crippen molar-refractivity contribution in [2.75, 3.05) is 24.3 Å². The molecule has 0 radical (unpaired) electrons. The van der Waals surface area contributed by atoms with Gasteiger partial charge in [-0.15, -0.1) is 0 Å². The van der Waals surface area contributed by atoms with Crippen molar-refractivity contribution in [3.63, 3.8) is 0 Å². The Balaban J connectivity index is 2.23. The fraction of sp³-hybridized carbons (Fsp3) is 0.333. The normalized spacial score (nSPS) is 10.4. The predicted octanol–water partition coefficient (Wildman–Crippen LogP) is 3.89. The fourth-order valence-corrected chi connectivity index (χ4v) is 2.07. The minimum Gasteiger partial charge on any atom is -0.378 e. The van der Waals surface area contributed by atoms with Crippen molar-refractivity contribution < 1.29 is 0 Å². The van der Waals surface area contributed by atoms with E-state index in [0.29, 0.717) is 5.15 Å². The number of nitrogens with one attached hydrogen (secondary N) is 1. The van der Waals surface area contributed by atoms with E-state index in [0.717, 1.165) is 35.9 Å². The second kappa shape index (κ2) is 6.57. The molecular formula is C15H19ClN4. The van der Waals surface area contributed by atoms with Gasteiger partial charge in [0.15, 0.2) is 0 Å². The summed E-state index contributed by atoms with van der Waals surface area (Å²) in [7, 11) is 4.03. The Morgan fingerprint density at radius 1 is 1.20 bits per heavy atom. The zero-order chi connectivity index (χ0) is 14.5. The van der Waals surface area contributed by atoms with E-state index in [-0.39, 0.29) is 0 Å². The summed E-state index contributed by atoms with van der Waals surface area (Å²) >= 11 is 6.03. The first-order valence-electron chi connectivity index (χ1n) is 6.66. The summed E-state index contributed by atoms with van der Waals surface area (Å²) in [6.45, 7) is 2.10. The highest BCUT2D eigenvalue weighted by atomic mass is 35.5. The molecule has 0 aliphatic carbocycles. The molecule has 0 aliphatic rings. The van der Waals surface area contributed by atoms with E-state index < -0.39 is 0 Å². The molecular weight excluding hydrogens is 272 g/mol. The SMILES string of the molecule is CCCc1nc(Cl)cc(Nc2cccc(N(C)C)c2)n1. The van der Waals surface area contributed by atoms with Gasteiger partial charge < -0.3 is 10.2 Å². The third kappa shape index (κ3) is 3.84. The summed E-state index contributed by atoms with van der Waals surface area (Å²) in [5.41, 5.74) is 2.11. The second-order valence-corrected chi connectivity index (χ2v) is 5.20. The number of benzene rings is 1. The quantitative estimate of drug-likeness (QED) is 0.848. The van der Waals surface area contributed by atoms with E-state index in [9.17, 15) is 0 Å². The first-order valence-corrected chi connectivity index (χ1v) is 7.04. The zero-order valence-electron chi connectivity index (χ0n) is 12.0. The predicted molar refractivity (Wildman–Crippen MR) is 85.1 cm³/mol. The molecule has 1 aromatic heterocycles. The number of anilines is 3. The van der Waals surface area contributed by atoms with Gasteiger partial charge in [0.25, 0.3) is 0 Å². The number of hydrogen-bond donors (Lipinski definition) is 1. The minimum atomic E-state index is 0.467. The number of hydrogen-bond acceptors (Lipinski definition) is 4. The van der Waals surface area contributed by atoms with Crippen LogP contribution in [-0.2, 0) is 6.42 Å². The van der Waals surface area contributed by atoms with Crippen LogP contribution in [-0.4, -0.2) is 24.1 Å². The van der Waals surface area contributed by atoms with Gasteiger partial charge in [-0.1, -0.05) is 24.6 Å². The molecule has 0 bridgehead atoms. The highest BCUT2D eigenvalue weighted by Crippen LogP contribution is 2.22. The average Bonchev–Trinajstić information content (AvgIpc) is 2.38. The molecule has 0 atom stereocenters. The third-order valence-electron chi connectivity index (χ3n) is 2.85. The molecule has 106 valence electrons. The van der Waals surface area contributed by atoms with Gasteiger partial charge >= 0.3 is 0 Å². The van der Waals surface area contributed by atoms with Gasteiger partial charge in [-0.25, -0.2) is 9.97 Å². The Morgan fingerprint density at radius 3 is 2.70 bits per heavy atom. The van der Waals surface area contributed by atoms with Crippen LogP contribution in [0.15, 0.2) is 30.3 Å². The Hall–Kier alpha value is -1.81. The van der Waals surface area contributed by atoms with Crippen LogP contribution in [0.5, 0.6) is 0 Å². The Bertz CT molecular complexity index is 584. The van der Waals surface area contributed by atoms with E-state index in [4.69, 9.17) is 11.6 Å². The number of aryl methyl sites for hydroxylation is 1. The Labute approximate surface area is 124 Å². The largest absolute Gasteiger partial charge is 0.378 e. The summed E-state index contributed by atoms with van der Waals surface area (Å²) in [5, 5.41) is 3.74. The first-order chi connectivity index (χ1) is 9.58. The van der Waals surface area contributed by atoms with Crippen molar-refractivity contribution in [2.45, 2.75) is 19.8 Å². The van der Waals surface area contributed by atoms with Crippen LogP contribution in [0.1, 0.15) is 19.2 Å². The van der Waals surface area contributed by atoms with Crippen LogP contribution in [0.3, 0.4) is 0 Å². The third-order valence-corrected chi connectivity index (χ3v) is 3.04. The van der Waals surface area contributed by atoms with Gasteiger partial charge in [-0.2, -0.15) is 0 Å². The Morgan fingerprint density at radius 2 is 2.00 bits per heavy atom. The summed E-state index contributed by atoms with van der Waals surface area (Å²) in [5.74, 6) is 1.50. The maximum absolute atomic E-state index is 6.03. The molecule has 0 aliphatic heterocycles. The van der Waals surface area contributed by atoms with Crippen LogP contribution in [0.25, 0.3) is 0 Å². The molecule has 0 spiro atoms. The summed E-state index contributed by atoms with van der Waals surface area (Å²) in [6.07, 6.45) is 1.82. The van der Waals surface area contributed by atoms with Crippen molar-refractivity contribution in [3.8, 4) is 0 Å². The topological polar surface area (TPSA) is 41.1 Å². The molecule has 1 N–H and O–H groups in total. The number of nitrogens with zero attached hydrogens (tertiary/aromatic N) is 3. The maximum atomic E-state index is 6.03. The summed E-state index contributed by atoms with van der Waals surface area (Å²) in [4.78, 5) is 10.7. The van der Waals surface area contributed by atoms with Gasteiger partial charge in [-0.05, 0) is 24.6 Å². The second-order valence-electron chi connectivity index (χ2n) is 4.81. The lowest BCUT2D eigenvalue weighted by molar-refractivity contribution is 0.837. The van der Waals surface area contributed by atoms with Crippen LogP contribution in [0, 0.1) is 0 Å². The molecule has 0 amide bonds. The number of halogens is 1. The lowest BCUT2D eigenvalue weighted by Gasteiger charge is -2.14. The molecule has 1 heterocycles. The van der Waals surface area contributed by atoms with Crippen LogP contribution < -0.4 is 10.2 Å². The van der Waals surface area contributed by atoms with Gasteiger partial charge in [0.2, 0.25) is 0 Å². The molecule has 1 aromatic carbocycles. The molecule has 20 heavy (non-hydrogen) atoms. The fourth-order valence-electron chi connectivity index (χ4n) is 1.87. The highest BCUT2D eigenvalue weighted by Gasteiger charge is 2.04. The van der Waals surface area contributed by atoms with E-state index in [1.807, 2.05) is 26.2 Å². The van der Waals surface area contributed by atoms with Gasteiger partial charge in [-0.3, -0.25) is 0 Å². The lowest BCUT2D eigenvalue weighted by atomic mass is 10.2. The average molecular weight is 291 g/mol. The first kappa shape index (κ1) is 14.6. The van der Waals surface area contributed by atoms with E-state index in [2.05, 4.69) is 39.2 Å².